The van der Waals surface area contributed by atoms with Crippen molar-refractivity contribution in [2.24, 2.45) is 5.92 Å². The van der Waals surface area contributed by atoms with Gasteiger partial charge in [0, 0.05) is 25.2 Å². The third kappa shape index (κ3) is 4.48. The molecule has 1 aromatic rings. The lowest BCUT2D eigenvalue weighted by Crippen LogP contribution is -2.47. The Kier molecular flexibility index (Phi) is 6.88. The molecule has 146 valence electrons. The van der Waals surface area contributed by atoms with Gasteiger partial charge in [-0.15, -0.1) is 0 Å². The molecular weight excluding hydrogens is 356 g/mol. The van der Waals surface area contributed by atoms with Gasteiger partial charge in [0.25, 0.3) is 0 Å². The third-order valence-electron chi connectivity index (χ3n) is 4.74. The van der Waals surface area contributed by atoms with Gasteiger partial charge in [0.05, 0.1) is 20.1 Å². The summed E-state index contributed by atoms with van der Waals surface area (Å²) in [6.45, 7) is 4.49. The van der Waals surface area contributed by atoms with Crippen LogP contribution in [0.1, 0.15) is 33.1 Å². The number of sulfonamides is 1. The predicted octanol–water partition coefficient (Wildman–Crippen LogP) is 2.02. The zero-order valence-electron chi connectivity index (χ0n) is 15.8. The van der Waals surface area contributed by atoms with Gasteiger partial charge in [-0.2, -0.15) is 4.31 Å². The maximum atomic E-state index is 13.1. The first-order valence-electron chi connectivity index (χ1n) is 8.86. The molecule has 7 nitrogen and oxygen atoms in total. The third-order valence-corrected chi connectivity index (χ3v) is 6.63. The fraction of sp³-hybridized carbons (Fsp3) is 0.611. The molecule has 0 radical (unpaired) electrons. The number of piperidine rings is 1. The minimum atomic E-state index is -3.79. The smallest absolute Gasteiger partial charge is 0.246 e. The topological polar surface area (TPSA) is 84.9 Å². The molecule has 0 bridgehead atoms. The lowest BCUT2D eigenvalue weighted by molar-refractivity contribution is -0.126. The predicted molar refractivity (Wildman–Crippen MR) is 98.9 cm³/mol. The number of carbonyl (C=O) groups is 1. The standard InChI is InChI=1S/C18H28N2O5S/c1-5-13(2)19-18(21)14-7-6-10-20(12-14)26(22,23)17-11-15(24-3)8-9-16(17)25-4/h8-9,11,13-14H,5-7,10,12H2,1-4H3,(H,19,21)/t13-,14+/m1/s1. The summed E-state index contributed by atoms with van der Waals surface area (Å²) in [7, 11) is -0.879. The first-order valence-corrected chi connectivity index (χ1v) is 10.3. The highest BCUT2D eigenvalue weighted by Gasteiger charge is 2.35. The number of rotatable bonds is 7. The Bertz CT molecular complexity index is 735. The van der Waals surface area contributed by atoms with Crippen LogP contribution in [0.2, 0.25) is 0 Å². The first kappa shape index (κ1) is 20.5. The van der Waals surface area contributed by atoms with Crippen LogP contribution in [0.4, 0.5) is 0 Å². The quantitative estimate of drug-likeness (QED) is 0.777. The van der Waals surface area contributed by atoms with E-state index in [4.69, 9.17) is 9.47 Å². The molecule has 1 aromatic carbocycles. The maximum absolute atomic E-state index is 13.1. The molecule has 0 saturated carbocycles. The molecule has 0 aromatic heterocycles. The van der Waals surface area contributed by atoms with Gasteiger partial charge in [-0.1, -0.05) is 6.92 Å². The van der Waals surface area contributed by atoms with Crippen molar-refractivity contribution in [3.05, 3.63) is 18.2 Å². The summed E-state index contributed by atoms with van der Waals surface area (Å²) in [4.78, 5) is 12.5. The van der Waals surface area contributed by atoms with Crippen molar-refractivity contribution in [2.75, 3.05) is 27.3 Å². The summed E-state index contributed by atoms with van der Waals surface area (Å²) in [5.41, 5.74) is 0. The van der Waals surface area contributed by atoms with Crippen molar-refractivity contribution in [3.63, 3.8) is 0 Å². The molecule has 1 saturated heterocycles. The zero-order valence-corrected chi connectivity index (χ0v) is 16.6. The molecule has 26 heavy (non-hydrogen) atoms. The van der Waals surface area contributed by atoms with Crippen molar-refractivity contribution in [2.45, 2.75) is 44.0 Å². The Morgan fingerprint density at radius 2 is 2.08 bits per heavy atom. The van der Waals surface area contributed by atoms with Crippen LogP contribution < -0.4 is 14.8 Å². The molecule has 0 spiro atoms. The Labute approximate surface area is 155 Å². The fourth-order valence-electron chi connectivity index (χ4n) is 2.96. The van der Waals surface area contributed by atoms with E-state index in [0.29, 0.717) is 25.1 Å². The number of nitrogens with zero attached hydrogens (tertiary/aromatic N) is 1. The van der Waals surface area contributed by atoms with E-state index in [-0.39, 0.29) is 35.1 Å². The van der Waals surface area contributed by atoms with Gasteiger partial charge < -0.3 is 14.8 Å². The van der Waals surface area contributed by atoms with E-state index < -0.39 is 10.0 Å². The zero-order chi connectivity index (χ0) is 19.3. The molecule has 2 rings (SSSR count). The summed E-state index contributed by atoms with van der Waals surface area (Å²) in [5.74, 6) is 0.269. The normalized spacial score (nSPS) is 19.6. The minimum Gasteiger partial charge on any atom is -0.497 e. The number of amides is 1. The summed E-state index contributed by atoms with van der Waals surface area (Å²) < 4.78 is 38.0. The van der Waals surface area contributed by atoms with Gasteiger partial charge in [-0.3, -0.25) is 4.79 Å². The van der Waals surface area contributed by atoms with Gasteiger partial charge in [-0.25, -0.2) is 8.42 Å². The highest BCUT2D eigenvalue weighted by atomic mass is 32.2. The second kappa shape index (κ2) is 8.73. The van der Waals surface area contributed by atoms with Crippen molar-refractivity contribution in [3.8, 4) is 11.5 Å². The Morgan fingerprint density at radius 1 is 1.35 bits per heavy atom. The van der Waals surface area contributed by atoms with Gasteiger partial charge in [0.1, 0.15) is 16.4 Å². The number of benzene rings is 1. The number of carbonyl (C=O) groups excluding carboxylic acids is 1. The summed E-state index contributed by atoms with van der Waals surface area (Å²) >= 11 is 0. The average molecular weight is 384 g/mol. The lowest BCUT2D eigenvalue weighted by Gasteiger charge is -2.32. The molecule has 1 fully saturated rings. The number of nitrogens with one attached hydrogen (secondary N) is 1. The molecule has 1 N–H and O–H groups in total. The molecule has 2 atom stereocenters. The number of hydrogen-bond acceptors (Lipinski definition) is 5. The van der Waals surface area contributed by atoms with Crippen LogP contribution in [0.3, 0.4) is 0 Å². The Hall–Kier alpha value is -1.80. The molecule has 1 aliphatic rings. The maximum Gasteiger partial charge on any atom is 0.246 e. The van der Waals surface area contributed by atoms with Crippen molar-refractivity contribution in [1.29, 1.82) is 0 Å². The van der Waals surface area contributed by atoms with Gasteiger partial charge in [-0.05, 0) is 38.3 Å². The summed E-state index contributed by atoms with van der Waals surface area (Å²) in [5, 5.41) is 2.95. The summed E-state index contributed by atoms with van der Waals surface area (Å²) in [6.07, 6.45) is 2.16. The van der Waals surface area contributed by atoms with Crippen molar-refractivity contribution in [1.82, 2.24) is 9.62 Å². The molecular formula is C18H28N2O5S. The van der Waals surface area contributed by atoms with Crippen LogP contribution in [-0.4, -0.2) is 52.0 Å². The highest BCUT2D eigenvalue weighted by molar-refractivity contribution is 7.89. The van der Waals surface area contributed by atoms with Crippen LogP contribution in [-0.2, 0) is 14.8 Å². The molecule has 1 amide bonds. The second-order valence-electron chi connectivity index (χ2n) is 6.54. The molecule has 1 heterocycles. The van der Waals surface area contributed by atoms with Crippen LogP contribution in [0.25, 0.3) is 0 Å². The number of ether oxygens (including phenoxy) is 2. The molecule has 0 aliphatic carbocycles. The van der Waals surface area contributed by atoms with E-state index in [1.54, 1.807) is 12.1 Å². The Balaban J connectivity index is 2.25. The van der Waals surface area contributed by atoms with Crippen molar-refractivity contribution < 1.29 is 22.7 Å². The number of methoxy groups -OCH3 is 2. The Morgan fingerprint density at radius 3 is 2.69 bits per heavy atom. The van der Waals surface area contributed by atoms with Crippen LogP contribution >= 0.6 is 0 Å². The van der Waals surface area contributed by atoms with Gasteiger partial charge >= 0.3 is 0 Å². The first-order chi connectivity index (χ1) is 12.3. The van der Waals surface area contributed by atoms with Crippen molar-refractivity contribution >= 4 is 15.9 Å². The fourth-order valence-corrected chi connectivity index (χ4v) is 4.66. The minimum absolute atomic E-state index is 0.0577. The van der Waals surface area contributed by atoms with E-state index in [1.807, 2.05) is 13.8 Å². The van der Waals surface area contributed by atoms with Crippen LogP contribution in [0.5, 0.6) is 11.5 Å². The average Bonchev–Trinajstić information content (AvgIpc) is 2.67. The van der Waals surface area contributed by atoms with Gasteiger partial charge in [0.2, 0.25) is 15.9 Å². The monoisotopic (exact) mass is 384 g/mol. The second-order valence-corrected chi connectivity index (χ2v) is 8.44. The largest absolute Gasteiger partial charge is 0.497 e. The van der Waals surface area contributed by atoms with Gasteiger partial charge in [0.15, 0.2) is 0 Å². The van der Waals surface area contributed by atoms with Crippen LogP contribution in [0.15, 0.2) is 23.1 Å². The van der Waals surface area contributed by atoms with E-state index in [1.165, 1.54) is 24.6 Å². The summed E-state index contributed by atoms with van der Waals surface area (Å²) in [6, 6.07) is 4.75. The SMILES string of the molecule is CC[C@@H](C)NC(=O)[C@H]1CCCN(S(=O)(=O)c2cc(OC)ccc2OC)C1. The highest BCUT2D eigenvalue weighted by Crippen LogP contribution is 2.32. The van der Waals surface area contributed by atoms with E-state index >= 15 is 0 Å². The van der Waals surface area contributed by atoms with Crippen LogP contribution in [0, 0.1) is 5.92 Å². The molecule has 1 aliphatic heterocycles. The van der Waals surface area contributed by atoms with E-state index in [9.17, 15) is 13.2 Å². The van der Waals surface area contributed by atoms with E-state index in [2.05, 4.69) is 5.32 Å². The molecule has 0 unspecified atom stereocenters. The molecule has 8 heteroatoms. The lowest BCUT2D eigenvalue weighted by atomic mass is 9.98. The van der Waals surface area contributed by atoms with E-state index in [0.717, 1.165) is 6.42 Å². The number of hydrogen-bond donors (Lipinski definition) is 1.